The maximum atomic E-state index is 8.40. The fourth-order valence-electron chi connectivity index (χ4n) is 3.06. The first kappa shape index (κ1) is 18.8. The lowest BCUT2D eigenvalue weighted by atomic mass is 9.96. The van der Waals surface area contributed by atoms with E-state index in [2.05, 4.69) is 48.3 Å². The average Bonchev–Trinajstić information content (AvgIpc) is 2.71. The van der Waals surface area contributed by atoms with Crippen LogP contribution in [0.1, 0.15) is 30.0 Å². The van der Waals surface area contributed by atoms with E-state index in [1.165, 1.54) is 11.1 Å². The number of ether oxygens (including phenoxy) is 1. The first-order chi connectivity index (χ1) is 13.2. The van der Waals surface area contributed by atoms with Crippen LogP contribution in [0.2, 0.25) is 0 Å². The second-order valence-electron chi connectivity index (χ2n) is 6.79. The molecule has 0 aliphatic heterocycles. The highest BCUT2D eigenvalue weighted by Gasteiger charge is 2.14. The SMILES string of the molecule is CC[C@@H](COc1ccc(Cc2ccccc2)cc1)C(=N)Cc1cccnc1. The van der Waals surface area contributed by atoms with E-state index in [9.17, 15) is 0 Å². The molecule has 0 saturated carbocycles. The summed E-state index contributed by atoms with van der Waals surface area (Å²) in [4.78, 5) is 4.13. The van der Waals surface area contributed by atoms with E-state index in [-0.39, 0.29) is 5.92 Å². The number of pyridine rings is 1. The van der Waals surface area contributed by atoms with E-state index in [0.29, 0.717) is 18.7 Å². The number of benzene rings is 2. The minimum Gasteiger partial charge on any atom is -0.493 e. The van der Waals surface area contributed by atoms with Gasteiger partial charge in [-0.1, -0.05) is 55.5 Å². The largest absolute Gasteiger partial charge is 0.493 e. The van der Waals surface area contributed by atoms with Crippen LogP contribution < -0.4 is 4.74 Å². The molecule has 3 rings (SSSR count). The predicted octanol–water partition coefficient (Wildman–Crippen LogP) is 5.34. The molecule has 3 aromatic rings. The molecule has 27 heavy (non-hydrogen) atoms. The highest BCUT2D eigenvalue weighted by atomic mass is 16.5. The van der Waals surface area contributed by atoms with Gasteiger partial charge in [0.1, 0.15) is 5.75 Å². The van der Waals surface area contributed by atoms with E-state index in [4.69, 9.17) is 10.1 Å². The Morgan fingerprint density at radius 3 is 2.30 bits per heavy atom. The van der Waals surface area contributed by atoms with Gasteiger partial charge in [-0.3, -0.25) is 4.98 Å². The molecule has 138 valence electrons. The summed E-state index contributed by atoms with van der Waals surface area (Å²) in [6, 6.07) is 22.7. The zero-order chi connectivity index (χ0) is 18.9. The van der Waals surface area contributed by atoms with Crippen LogP contribution in [0.3, 0.4) is 0 Å². The van der Waals surface area contributed by atoms with Gasteiger partial charge in [0.05, 0.1) is 6.61 Å². The van der Waals surface area contributed by atoms with Crippen LogP contribution in [-0.4, -0.2) is 17.3 Å². The highest BCUT2D eigenvalue weighted by Crippen LogP contribution is 2.18. The van der Waals surface area contributed by atoms with Crippen molar-refractivity contribution < 1.29 is 4.74 Å². The lowest BCUT2D eigenvalue weighted by Gasteiger charge is -2.17. The number of aromatic nitrogens is 1. The van der Waals surface area contributed by atoms with E-state index >= 15 is 0 Å². The smallest absolute Gasteiger partial charge is 0.119 e. The molecular weight excluding hydrogens is 332 g/mol. The summed E-state index contributed by atoms with van der Waals surface area (Å²) in [5.41, 5.74) is 4.35. The summed E-state index contributed by atoms with van der Waals surface area (Å²) in [5.74, 6) is 0.980. The molecule has 0 unspecified atom stereocenters. The normalized spacial score (nSPS) is 11.7. The zero-order valence-electron chi connectivity index (χ0n) is 15.8. The Labute approximate surface area is 161 Å². The zero-order valence-corrected chi connectivity index (χ0v) is 15.8. The third-order valence-electron chi connectivity index (χ3n) is 4.73. The quantitative estimate of drug-likeness (QED) is 0.525. The molecule has 2 aromatic carbocycles. The van der Waals surface area contributed by atoms with Crippen LogP contribution in [0.15, 0.2) is 79.1 Å². The minimum absolute atomic E-state index is 0.120. The summed E-state index contributed by atoms with van der Waals surface area (Å²) in [6.07, 6.45) is 6.04. The summed E-state index contributed by atoms with van der Waals surface area (Å²) in [5, 5.41) is 8.40. The van der Waals surface area contributed by atoms with Crippen molar-refractivity contribution in [2.75, 3.05) is 6.61 Å². The number of nitrogens with zero attached hydrogens (tertiary/aromatic N) is 1. The standard InChI is InChI=1S/C24H26N2O/c1-2-22(24(25)16-21-9-6-14-26-17-21)18-27-23-12-10-20(11-13-23)15-19-7-4-3-5-8-19/h3-14,17,22,25H,2,15-16,18H2,1H3/t22-/m0/s1. The maximum Gasteiger partial charge on any atom is 0.119 e. The van der Waals surface area contributed by atoms with Crippen molar-refractivity contribution in [1.82, 2.24) is 4.98 Å². The third kappa shape index (κ3) is 5.78. The van der Waals surface area contributed by atoms with Gasteiger partial charge in [0.25, 0.3) is 0 Å². The van der Waals surface area contributed by atoms with Crippen molar-refractivity contribution in [3.8, 4) is 5.75 Å². The van der Waals surface area contributed by atoms with Crippen LogP contribution in [0.5, 0.6) is 5.75 Å². The Hall–Kier alpha value is -2.94. The topological polar surface area (TPSA) is 46.0 Å². The van der Waals surface area contributed by atoms with Gasteiger partial charge in [-0.25, -0.2) is 0 Å². The van der Waals surface area contributed by atoms with Gasteiger partial charge in [0, 0.05) is 30.4 Å². The van der Waals surface area contributed by atoms with Crippen molar-refractivity contribution in [2.24, 2.45) is 5.92 Å². The van der Waals surface area contributed by atoms with Crippen molar-refractivity contribution in [2.45, 2.75) is 26.2 Å². The van der Waals surface area contributed by atoms with Gasteiger partial charge >= 0.3 is 0 Å². The highest BCUT2D eigenvalue weighted by molar-refractivity contribution is 5.86. The molecule has 3 heteroatoms. The molecule has 0 spiro atoms. The minimum atomic E-state index is 0.120. The molecule has 0 bridgehead atoms. The average molecular weight is 358 g/mol. The Bertz CT molecular complexity index is 829. The van der Waals surface area contributed by atoms with Gasteiger partial charge in [0.15, 0.2) is 0 Å². The number of hydrogen-bond donors (Lipinski definition) is 1. The third-order valence-corrected chi connectivity index (χ3v) is 4.73. The molecule has 0 aliphatic rings. The summed E-state index contributed by atoms with van der Waals surface area (Å²) in [7, 11) is 0. The summed E-state index contributed by atoms with van der Waals surface area (Å²) < 4.78 is 5.97. The molecule has 0 radical (unpaired) electrons. The number of nitrogens with one attached hydrogen (secondary N) is 1. The number of hydrogen-bond acceptors (Lipinski definition) is 3. The molecule has 1 N–H and O–H groups in total. The van der Waals surface area contributed by atoms with Crippen LogP contribution in [0.4, 0.5) is 0 Å². The van der Waals surface area contributed by atoms with E-state index in [1.807, 2.05) is 36.5 Å². The Morgan fingerprint density at radius 2 is 1.63 bits per heavy atom. The van der Waals surface area contributed by atoms with Crippen LogP contribution >= 0.6 is 0 Å². The predicted molar refractivity (Wildman–Crippen MR) is 111 cm³/mol. The van der Waals surface area contributed by atoms with Crippen LogP contribution in [0.25, 0.3) is 0 Å². The van der Waals surface area contributed by atoms with Gasteiger partial charge in [-0.15, -0.1) is 0 Å². The maximum absolute atomic E-state index is 8.40. The van der Waals surface area contributed by atoms with Crippen molar-refractivity contribution in [1.29, 1.82) is 5.41 Å². The molecular formula is C24H26N2O. The molecule has 0 fully saturated rings. The van der Waals surface area contributed by atoms with Crippen molar-refractivity contribution in [3.63, 3.8) is 0 Å². The van der Waals surface area contributed by atoms with Gasteiger partial charge in [-0.05, 0) is 47.7 Å². The first-order valence-electron chi connectivity index (χ1n) is 9.46. The fourth-order valence-corrected chi connectivity index (χ4v) is 3.06. The monoisotopic (exact) mass is 358 g/mol. The molecule has 0 saturated heterocycles. The molecule has 1 atom stereocenters. The molecule has 1 heterocycles. The molecule has 0 amide bonds. The van der Waals surface area contributed by atoms with Crippen molar-refractivity contribution in [3.05, 3.63) is 95.8 Å². The van der Waals surface area contributed by atoms with E-state index < -0.39 is 0 Å². The molecule has 3 nitrogen and oxygen atoms in total. The van der Waals surface area contributed by atoms with E-state index in [1.54, 1.807) is 6.20 Å². The Morgan fingerprint density at radius 1 is 0.926 bits per heavy atom. The Kier molecular flexibility index (Phi) is 6.75. The number of rotatable bonds is 9. The summed E-state index contributed by atoms with van der Waals surface area (Å²) >= 11 is 0. The van der Waals surface area contributed by atoms with Crippen LogP contribution in [0, 0.1) is 11.3 Å². The van der Waals surface area contributed by atoms with E-state index in [0.717, 1.165) is 24.2 Å². The van der Waals surface area contributed by atoms with Crippen molar-refractivity contribution >= 4 is 5.71 Å². The lowest BCUT2D eigenvalue weighted by molar-refractivity contribution is 0.280. The molecule has 1 aromatic heterocycles. The Balaban J connectivity index is 1.52. The first-order valence-corrected chi connectivity index (χ1v) is 9.46. The van der Waals surface area contributed by atoms with Gasteiger partial charge in [-0.2, -0.15) is 0 Å². The molecule has 0 aliphatic carbocycles. The summed E-state index contributed by atoms with van der Waals surface area (Å²) in [6.45, 7) is 2.64. The second-order valence-corrected chi connectivity index (χ2v) is 6.79. The van der Waals surface area contributed by atoms with Gasteiger partial charge < -0.3 is 10.1 Å². The van der Waals surface area contributed by atoms with Crippen LogP contribution in [-0.2, 0) is 12.8 Å². The van der Waals surface area contributed by atoms with Gasteiger partial charge in [0.2, 0.25) is 0 Å². The fraction of sp³-hybridized carbons (Fsp3) is 0.250. The second kappa shape index (κ2) is 9.67. The lowest BCUT2D eigenvalue weighted by Crippen LogP contribution is -2.22.